The van der Waals surface area contributed by atoms with E-state index in [1.807, 2.05) is 0 Å². The van der Waals surface area contributed by atoms with E-state index >= 15 is 0 Å². The molecule has 1 aromatic carbocycles. The van der Waals surface area contributed by atoms with Crippen molar-refractivity contribution in [2.24, 2.45) is 5.73 Å². The third-order valence-electron chi connectivity index (χ3n) is 1.72. The van der Waals surface area contributed by atoms with Crippen LogP contribution in [0.1, 0.15) is 0 Å². The van der Waals surface area contributed by atoms with E-state index in [9.17, 15) is 14.4 Å². The van der Waals surface area contributed by atoms with E-state index in [2.05, 4.69) is 14.8 Å². The lowest BCUT2D eigenvalue weighted by Crippen LogP contribution is -2.36. The van der Waals surface area contributed by atoms with Gasteiger partial charge >= 0.3 is 6.09 Å². The van der Waals surface area contributed by atoms with Gasteiger partial charge in [-0.2, -0.15) is 0 Å². The number of nitrogens with two attached hydrogens (primary N) is 1. The SMILES string of the molecule is COc1c(NCCOC(N)=O)c(=O)c1=O. The maximum absolute atomic E-state index is 11.0. The lowest BCUT2D eigenvalue weighted by atomic mass is 10.2. The summed E-state index contributed by atoms with van der Waals surface area (Å²) in [5, 5.41) is 2.61. The highest BCUT2D eigenvalue weighted by Gasteiger charge is 2.20. The molecule has 1 rings (SSSR count). The summed E-state index contributed by atoms with van der Waals surface area (Å²) in [5.41, 5.74) is 3.53. The molecular weight excluding hydrogens is 204 g/mol. The molecule has 0 aromatic heterocycles. The molecule has 0 aliphatic rings. The molecule has 3 N–H and O–H groups in total. The van der Waals surface area contributed by atoms with Gasteiger partial charge in [0, 0.05) is 6.54 Å². The van der Waals surface area contributed by atoms with E-state index in [1.54, 1.807) is 0 Å². The van der Waals surface area contributed by atoms with Crippen LogP contribution in [0.3, 0.4) is 0 Å². The average Bonchev–Trinajstić information content (AvgIpc) is 2.21. The van der Waals surface area contributed by atoms with Gasteiger partial charge in [0.15, 0.2) is 5.75 Å². The Morgan fingerprint density at radius 1 is 1.40 bits per heavy atom. The number of carbonyl (C=O) groups is 1. The minimum atomic E-state index is -0.895. The zero-order valence-electron chi connectivity index (χ0n) is 8.03. The fourth-order valence-electron chi connectivity index (χ4n) is 1.05. The van der Waals surface area contributed by atoms with Crippen LogP contribution in [0.15, 0.2) is 9.59 Å². The molecule has 0 heterocycles. The molecule has 82 valence electrons. The van der Waals surface area contributed by atoms with Crippen molar-refractivity contribution in [3.63, 3.8) is 0 Å². The minimum absolute atomic E-state index is 0.000856. The molecule has 1 amide bonds. The van der Waals surface area contributed by atoms with Crippen molar-refractivity contribution < 1.29 is 14.3 Å². The van der Waals surface area contributed by atoms with Crippen molar-refractivity contribution in [2.75, 3.05) is 25.6 Å². The van der Waals surface area contributed by atoms with E-state index in [4.69, 9.17) is 5.73 Å². The van der Waals surface area contributed by atoms with E-state index in [0.717, 1.165) is 0 Å². The predicted molar refractivity (Wildman–Crippen MR) is 51.9 cm³/mol. The monoisotopic (exact) mass is 214 g/mol. The van der Waals surface area contributed by atoms with Crippen molar-refractivity contribution in [1.29, 1.82) is 0 Å². The Morgan fingerprint density at radius 2 is 2.07 bits per heavy atom. The molecule has 0 spiro atoms. The summed E-state index contributed by atoms with van der Waals surface area (Å²) in [7, 11) is 1.29. The summed E-state index contributed by atoms with van der Waals surface area (Å²) in [6.45, 7) is 0.196. The van der Waals surface area contributed by atoms with E-state index in [1.165, 1.54) is 7.11 Å². The first kappa shape index (κ1) is 11.0. The highest BCUT2D eigenvalue weighted by atomic mass is 16.5. The van der Waals surface area contributed by atoms with Gasteiger partial charge in [0.25, 0.3) is 10.9 Å². The first-order chi connectivity index (χ1) is 7.07. The maximum Gasteiger partial charge on any atom is 0.404 e. The number of amides is 1. The van der Waals surface area contributed by atoms with Crippen LogP contribution in [-0.4, -0.2) is 26.4 Å². The lowest BCUT2D eigenvalue weighted by Gasteiger charge is -2.11. The average molecular weight is 214 g/mol. The van der Waals surface area contributed by atoms with E-state index in [-0.39, 0.29) is 24.6 Å². The molecular formula is C8H10N2O5. The molecule has 0 fully saturated rings. The molecule has 1 aromatic rings. The molecule has 0 radical (unpaired) electrons. The van der Waals surface area contributed by atoms with Gasteiger partial charge < -0.3 is 20.5 Å². The fourth-order valence-corrected chi connectivity index (χ4v) is 1.05. The molecule has 0 bridgehead atoms. The Hall–Kier alpha value is -2.05. The second-order valence-corrected chi connectivity index (χ2v) is 2.66. The van der Waals surface area contributed by atoms with Crippen LogP contribution >= 0.6 is 0 Å². The summed E-state index contributed by atoms with van der Waals surface area (Å²) in [4.78, 5) is 32.0. The maximum atomic E-state index is 11.0. The third kappa shape index (κ3) is 2.25. The fraction of sp³-hybridized carbons (Fsp3) is 0.375. The first-order valence-corrected chi connectivity index (χ1v) is 4.11. The van der Waals surface area contributed by atoms with Crippen LogP contribution < -0.4 is 26.6 Å². The second kappa shape index (κ2) is 4.45. The normalized spacial score (nSPS) is 9.93. The third-order valence-corrected chi connectivity index (χ3v) is 1.72. The van der Waals surface area contributed by atoms with Gasteiger partial charge in [0.05, 0.1) is 7.11 Å². The van der Waals surface area contributed by atoms with Gasteiger partial charge in [-0.15, -0.1) is 0 Å². The minimum Gasteiger partial charge on any atom is -0.491 e. The van der Waals surface area contributed by atoms with Crippen molar-refractivity contribution in [2.45, 2.75) is 0 Å². The zero-order chi connectivity index (χ0) is 11.4. The molecule has 0 saturated carbocycles. The second-order valence-electron chi connectivity index (χ2n) is 2.66. The van der Waals surface area contributed by atoms with Crippen molar-refractivity contribution in [1.82, 2.24) is 0 Å². The lowest BCUT2D eigenvalue weighted by molar-refractivity contribution is 0.161. The standard InChI is InChI=1S/C8H10N2O5/c1-14-7-4(5(11)6(7)12)10-2-3-15-8(9)13/h10H,2-3H2,1H3,(H2,9,13). The summed E-state index contributed by atoms with van der Waals surface area (Å²) in [6, 6.07) is 0. The number of anilines is 1. The topological polar surface area (TPSA) is 108 Å². The van der Waals surface area contributed by atoms with Crippen LogP contribution in [0.4, 0.5) is 10.5 Å². The van der Waals surface area contributed by atoms with Crippen LogP contribution in [0.2, 0.25) is 0 Å². The quantitative estimate of drug-likeness (QED) is 0.470. The number of ether oxygens (including phenoxy) is 2. The number of primary amides is 1. The molecule has 0 unspecified atom stereocenters. The number of hydrogen-bond acceptors (Lipinski definition) is 6. The number of carbonyl (C=O) groups excluding carboxylic acids is 1. The Morgan fingerprint density at radius 3 is 2.60 bits per heavy atom. The van der Waals surface area contributed by atoms with Crippen molar-refractivity contribution >= 4 is 11.8 Å². The first-order valence-electron chi connectivity index (χ1n) is 4.11. The summed E-state index contributed by atoms with van der Waals surface area (Å²) < 4.78 is 9.08. The van der Waals surface area contributed by atoms with Gasteiger partial charge in [0.2, 0.25) is 0 Å². The van der Waals surface area contributed by atoms with Crippen molar-refractivity contribution in [3.05, 3.63) is 20.4 Å². The summed E-state index contributed by atoms with van der Waals surface area (Å²) in [6.07, 6.45) is -0.895. The molecule has 7 heteroatoms. The van der Waals surface area contributed by atoms with Crippen LogP contribution in [0, 0.1) is 0 Å². The summed E-state index contributed by atoms with van der Waals surface area (Å²) >= 11 is 0. The Bertz CT molecular complexity index is 432. The predicted octanol–water partition coefficient (Wildman–Crippen LogP) is -1.20. The molecule has 15 heavy (non-hydrogen) atoms. The smallest absolute Gasteiger partial charge is 0.404 e. The number of hydrogen-bond donors (Lipinski definition) is 2. The Labute approximate surface area is 84.5 Å². The molecule has 0 aliphatic carbocycles. The highest BCUT2D eigenvalue weighted by molar-refractivity contribution is 5.64. The van der Waals surface area contributed by atoms with Gasteiger partial charge in [-0.25, -0.2) is 4.79 Å². The Kier molecular flexibility index (Phi) is 3.27. The van der Waals surface area contributed by atoms with Gasteiger partial charge in [0.1, 0.15) is 12.3 Å². The van der Waals surface area contributed by atoms with Gasteiger partial charge in [-0.3, -0.25) is 9.59 Å². The molecule has 0 saturated heterocycles. The number of methoxy groups -OCH3 is 1. The van der Waals surface area contributed by atoms with Gasteiger partial charge in [-0.1, -0.05) is 0 Å². The van der Waals surface area contributed by atoms with Crippen molar-refractivity contribution in [3.8, 4) is 5.75 Å². The molecule has 7 nitrogen and oxygen atoms in total. The molecule has 0 aliphatic heterocycles. The number of rotatable bonds is 5. The van der Waals surface area contributed by atoms with E-state index < -0.39 is 17.0 Å². The largest absolute Gasteiger partial charge is 0.491 e. The Balaban J connectivity index is 2.45. The molecule has 0 atom stereocenters. The van der Waals surface area contributed by atoms with Crippen LogP contribution in [0.25, 0.3) is 0 Å². The number of nitrogens with one attached hydrogen (secondary N) is 1. The van der Waals surface area contributed by atoms with Crippen LogP contribution in [-0.2, 0) is 4.74 Å². The van der Waals surface area contributed by atoms with E-state index in [0.29, 0.717) is 0 Å². The van der Waals surface area contributed by atoms with Gasteiger partial charge in [-0.05, 0) is 0 Å². The van der Waals surface area contributed by atoms with Crippen LogP contribution in [0.5, 0.6) is 5.75 Å². The highest BCUT2D eigenvalue weighted by Crippen LogP contribution is 2.15. The summed E-state index contributed by atoms with van der Waals surface area (Å²) in [5.74, 6) is -0.000856. The zero-order valence-corrected chi connectivity index (χ0v) is 8.03.